The van der Waals surface area contributed by atoms with E-state index in [-0.39, 0.29) is 6.04 Å². The highest BCUT2D eigenvalue weighted by Gasteiger charge is 2.32. The fourth-order valence-corrected chi connectivity index (χ4v) is 5.70. The van der Waals surface area contributed by atoms with E-state index in [9.17, 15) is 8.42 Å². The molecule has 0 aliphatic carbocycles. The fourth-order valence-electron chi connectivity index (χ4n) is 2.14. The summed E-state index contributed by atoms with van der Waals surface area (Å²) in [5.41, 5.74) is 6.98. The summed E-state index contributed by atoms with van der Waals surface area (Å²) in [6.07, 6.45) is 0. The third-order valence-electron chi connectivity index (χ3n) is 3.19. The molecular formula is C12H17BrN2O2S2. The van der Waals surface area contributed by atoms with Gasteiger partial charge in [-0.1, -0.05) is 0 Å². The Morgan fingerprint density at radius 1 is 1.47 bits per heavy atom. The van der Waals surface area contributed by atoms with Gasteiger partial charge in [0.2, 0.25) is 10.0 Å². The van der Waals surface area contributed by atoms with Crippen molar-refractivity contribution in [1.82, 2.24) is 4.31 Å². The Labute approximate surface area is 126 Å². The molecule has 19 heavy (non-hydrogen) atoms. The van der Waals surface area contributed by atoms with E-state index in [1.54, 1.807) is 35.1 Å². The number of rotatable bonds is 2. The number of anilines is 1. The average Bonchev–Trinajstić information content (AvgIpc) is 2.34. The van der Waals surface area contributed by atoms with E-state index in [0.29, 0.717) is 22.7 Å². The molecule has 1 unspecified atom stereocenters. The molecule has 0 aromatic heterocycles. The van der Waals surface area contributed by atoms with Gasteiger partial charge >= 0.3 is 0 Å². The predicted molar refractivity (Wildman–Crippen MR) is 84.0 cm³/mol. The molecule has 1 aromatic carbocycles. The number of hydrogen-bond donors (Lipinski definition) is 1. The molecule has 1 aliphatic rings. The highest BCUT2D eigenvalue weighted by atomic mass is 79.9. The number of thioether (sulfide) groups is 1. The topological polar surface area (TPSA) is 63.4 Å². The van der Waals surface area contributed by atoms with Gasteiger partial charge in [0.1, 0.15) is 0 Å². The van der Waals surface area contributed by atoms with Gasteiger partial charge in [-0.2, -0.15) is 16.1 Å². The summed E-state index contributed by atoms with van der Waals surface area (Å²) in [6, 6.07) is 3.32. The minimum absolute atomic E-state index is 0.0213. The second-order valence-electron chi connectivity index (χ2n) is 4.68. The van der Waals surface area contributed by atoms with Gasteiger partial charge in [-0.25, -0.2) is 8.42 Å². The lowest BCUT2D eigenvalue weighted by molar-refractivity contribution is 0.367. The van der Waals surface area contributed by atoms with Crippen molar-refractivity contribution in [3.63, 3.8) is 0 Å². The maximum Gasteiger partial charge on any atom is 0.243 e. The summed E-state index contributed by atoms with van der Waals surface area (Å²) in [5, 5.41) is 0. The third-order valence-corrected chi connectivity index (χ3v) is 7.22. The van der Waals surface area contributed by atoms with Crippen LogP contribution in [0.25, 0.3) is 0 Å². The molecule has 0 saturated carbocycles. The number of hydrogen-bond acceptors (Lipinski definition) is 4. The zero-order valence-corrected chi connectivity index (χ0v) is 14.1. The van der Waals surface area contributed by atoms with Crippen LogP contribution in [0.15, 0.2) is 21.5 Å². The maximum absolute atomic E-state index is 12.7. The Morgan fingerprint density at radius 3 is 2.79 bits per heavy atom. The van der Waals surface area contributed by atoms with Gasteiger partial charge in [-0.15, -0.1) is 0 Å². The first kappa shape index (κ1) is 15.2. The molecule has 1 fully saturated rings. The van der Waals surface area contributed by atoms with Crippen molar-refractivity contribution in [2.45, 2.75) is 24.8 Å². The summed E-state index contributed by atoms with van der Waals surface area (Å²) in [6.45, 7) is 4.30. The summed E-state index contributed by atoms with van der Waals surface area (Å²) in [5.74, 6) is 1.68. The number of nitrogens with two attached hydrogens (primary N) is 1. The van der Waals surface area contributed by atoms with Crippen LogP contribution in [0.4, 0.5) is 5.69 Å². The minimum Gasteiger partial charge on any atom is -0.398 e. The van der Waals surface area contributed by atoms with E-state index in [1.165, 1.54) is 0 Å². The average molecular weight is 365 g/mol. The number of aryl methyl sites for hydroxylation is 1. The van der Waals surface area contributed by atoms with Crippen molar-refractivity contribution in [2.75, 3.05) is 23.8 Å². The van der Waals surface area contributed by atoms with E-state index in [4.69, 9.17) is 5.73 Å². The predicted octanol–water partition coefficient (Wildman–Crippen LogP) is 2.47. The van der Waals surface area contributed by atoms with Crippen LogP contribution < -0.4 is 5.73 Å². The molecule has 0 amide bonds. The Hall–Kier alpha value is -0.240. The monoisotopic (exact) mass is 364 g/mol. The zero-order chi connectivity index (χ0) is 14.2. The second kappa shape index (κ2) is 5.63. The largest absolute Gasteiger partial charge is 0.398 e. The molecule has 0 radical (unpaired) electrons. The summed E-state index contributed by atoms with van der Waals surface area (Å²) >= 11 is 5.11. The van der Waals surface area contributed by atoms with Crippen LogP contribution in [0, 0.1) is 6.92 Å². The highest BCUT2D eigenvalue weighted by molar-refractivity contribution is 9.10. The Bertz CT molecular complexity index is 590. The van der Waals surface area contributed by atoms with Gasteiger partial charge in [-0.3, -0.25) is 0 Å². The van der Waals surface area contributed by atoms with Crippen molar-refractivity contribution < 1.29 is 8.42 Å². The van der Waals surface area contributed by atoms with Crippen molar-refractivity contribution in [2.24, 2.45) is 0 Å². The van der Waals surface area contributed by atoms with E-state index >= 15 is 0 Å². The normalized spacial score (nSPS) is 21.5. The van der Waals surface area contributed by atoms with Crippen molar-refractivity contribution in [3.05, 3.63) is 22.2 Å². The van der Waals surface area contributed by atoms with Gasteiger partial charge < -0.3 is 5.73 Å². The van der Waals surface area contributed by atoms with Gasteiger partial charge in [0.25, 0.3) is 0 Å². The van der Waals surface area contributed by atoms with Crippen molar-refractivity contribution in [1.29, 1.82) is 0 Å². The molecule has 1 aromatic rings. The molecule has 1 atom stereocenters. The lowest BCUT2D eigenvalue weighted by Crippen LogP contribution is -2.44. The summed E-state index contributed by atoms with van der Waals surface area (Å²) < 4.78 is 27.8. The molecule has 106 valence electrons. The van der Waals surface area contributed by atoms with Crippen LogP contribution in [0.1, 0.15) is 12.5 Å². The molecule has 4 nitrogen and oxygen atoms in total. The van der Waals surface area contributed by atoms with Gasteiger partial charge in [0, 0.05) is 34.3 Å². The Kier molecular flexibility index (Phi) is 4.49. The highest BCUT2D eigenvalue weighted by Crippen LogP contribution is 2.31. The van der Waals surface area contributed by atoms with E-state index in [1.807, 2.05) is 6.92 Å². The molecular weight excluding hydrogens is 348 g/mol. The smallest absolute Gasteiger partial charge is 0.243 e. The fraction of sp³-hybridized carbons (Fsp3) is 0.500. The molecule has 1 saturated heterocycles. The Balaban J connectivity index is 2.47. The molecule has 0 spiro atoms. The zero-order valence-electron chi connectivity index (χ0n) is 10.9. The van der Waals surface area contributed by atoms with Crippen LogP contribution in [-0.4, -0.2) is 36.8 Å². The van der Waals surface area contributed by atoms with Crippen LogP contribution >= 0.6 is 27.7 Å². The number of halogens is 1. The summed E-state index contributed by atoms with van der Waals surface area (Å²) in [7, 11) is -3.46. The van der Waals surface area contributed by atoms with E-state index in [2.05, 4.69) is 15.9 Å². The van der Waals surface area contributed by atoms with Crippen LogP contribution in [-0.2, 0) is 10.0 Å². The first-order valence-corrected chi connectivity index (χ1v) is 9.38. The van der Waals surface area contributed by atoms with Crippen molar-refractivity contribution >= 4 is 43.4 Å². The maximum atomic E-state index is 12.7. The minimum atomic E-state index is -3.46. The van der Waals surface area contributed by atoms with Crippen LogP contribution in [0.3, 0.4) is 0 Å². The lowest BCUT2D eigenvalue weighted by Gasteiger charge is -2.32. The molecule has 1 heterocycles. The second-order valence-corrected chi connectivity index (χ2v) is 8.54. The first-order valence-electron chi connectivity index (χ1n) is 5.99. The number of nitrogen functional groups attached to an aromatic ring is 1. The number of sulfonamides is 1. The van der Waals surface area contributed by atoms with Crippen molar-refractivity contribution in [3.8, 4) is 0 Å². The lowest BCUT2D eigenvalue weighted by atomic mass is 10.2. The Morgan fingerprint density at radius 2 is 2.16 bits per heavy atom. The SMILES string of the molecule is Cc1cc(Br)c(N)cc1S(=O)(=O)N1CCSCC1C. The van der Waals surface area contributed by atoms with Crippen LogP contribution in [0.5, 0.6) is 0 Å². The molecule has 1 aliphatic heterocycles. The van der Waals surface area contributed by atoms with Crippen LogP contribution in [0.2, 0.25) is 0 Å². The van der Waals surface area contributed by atoms with Gasteiger partial charge in [0.05, 0.1) is 4.90 Å². The van der Waals surface area contributed by atoms with E-state index < -0.39 is 10.0 Å². The molecule has 7 heteroatoms. The number of benzene rings is 1. The van der Waals surface area contributed by atoms with E-state index in [0.717, 1.165) is 16.0 Å². The summed E-state index contributed by atoms with van der Waals surface area (Å²) in [4.78, 5) is 0.312. The molecule has 2 rings (SSSR count). The first-order chi connectivity index (χ1) is 8.84. The standard InChI is InChI=1S/C12H17BrN2O2S2/c1-8-5-10(13)11(14)6-12(8)19(16,17)15-3-4-18-7-9(15)2/h5-6,9H,3-4,7,14H2,1-2H3. The third kappa shape index (κ3) is 2.94. The number of nitrogens with zero attached hydrogens (tertiary/aromatic N) is 1. The van der Waals surface area contributed by atoms with Gasteiger partial charge in [0.15, 0.2) is 0 Å². The van der Waals surface area contributed by atoms with Gasteiger partial charge in [-0.05, 0) is 47.5 Å². The molecule has 2 N–H and O–H groups in total. The quantitative estimate of drug-likeness (QED) is 0.818. The molecule has 0 bridgehead atoms.